The smallest absolute Gasteiger partial charge is 0.748 e. The van der Waals surface area contributed by atoms with Gasteiger partial charge in [-0.25, -0.2) is 29.9 Å². The van der Waals surface area contributed by atoms with E-state index in [0.29, 0.717) is 5.69 Å². The maximum Gasteiger partial charge on any atom is 1.00 e. The maximum absolute atomic E-state index is 12.2. The molecule has 0 saturated carbocycles. The number of carbonyl (C=O) groups excluding carboxylic acids is 1. The Morgan fingerprint density at radius 2 is 1.40 bits per heavy atom. The molecule has 0 saturated heterocycles. The molecular formula is C30H34Cl2K3N7O10S3. The fraction of sp³-hybridized carbons (Fsp3) is 0.433. The zero-order chi connectivity index (χ0) is 39.2. The van der Waals surface area contributed by atoms with Crippen LogP contribution in [0.15, 0.2) is 45.5 Å². The molecule has 0 bridgehead atoms. The quantitative estimate of drug-likeness (QED) is 0.0624. The Balaban J connectivity index is 0.00000972. The van der Waals surface area contributed by atoms with E-state index in [1.54, 1.807) is 31.7 Å². The van der Waals surface area contributed by atoms with Crippen LogP contribution in [0.3, 0.4) is 0 Å². The fourth-order valence-corrected chi connectivity index (χ4v) is 7.32. The molecule has 2 aromatic carbocycles. The molecule has 0 atom stereocenters. The molecule has 3 rings (SSSR count). The Labute approximate surface area is 458 Å². The summed E-state index contributed by atoms with van der Waals surface area (Å²) in [4.78, 5) is 13.3. The normalized spacial score (nSPS) is 11.9. The maximum atomic E-state index is 12.2. The van der Waals surface area contributed by atoms with Gasteiger partial charge in [-0.3, -0.25) is 4.79 Å². The molecule has 0 aliphatic rings. The number of nitriles is 1. The van der Waals surface area contributed by atoms with E-state index in [1.165, 1.54) is 19.1 Å². The van der Waals surface area contributed by atoms with Gasteiger partial charge in [-0.05, 0) is 56.0 Å². The number of anilines is 2. The van der Waals surface area contributed by atoms with E-state index >= 15 is 0 Å². The van der Waals surface area contributed by atoms with Crippen LogP contribution in [0.1, 0.15) is 64.6 Å². The second-order valence-corrected chi connectivity index (χ2v) is 17.8. The van der Waals surface area contributed by atoms with Gasteiger partial charge in [0.1, 0.15) is 33.1 Å². The van der Waals surface area contributed by atoms with Gasteiger partial charge in [0.2, 0.25) is 5.91 Å². The third-order valence-electron chi connectivity index (χ3n) is 7.23. The molecule has 1 aromatic heterocycles. The number of hydrogen-bond acceptors (Lipinski definition) is 15. The molecule has 1 heterocycles. The molecule has 0 aliphatic heterocycles. The van der Waals surface area contributed by atoms with Gasteiger partial charge in [0.25, 0.3) is 0 Å². The summed E-state index contributed by atoms with van der Waals surface area (Å²) in [5, 5.41) is 25.3. The Kier molecular flexibility index (Phi) is 24.6. The van der Waals surface area contributed by atoms with Crippen molar-refractivity contribution in [2.24, 2.45) is 10.2 Å². The van der Waals surface area contributed by atoms with Gasteiger partial charge in [0.15, 0.2) is 5.82 Å². The standard InChI is InChI=1S/C30H37Cl2N7O10S3.3K/c1-19(40)34-26-15-20(38(11-5-7-13-50(41,42)43)12-6-8-14-51(44,45)46)9-10-25(26)35-36-29-22(18-33)28(30(2,3)4)37-39(29)27-23(31)16-21(17-24(27)32)52(47,48)49;;;/h9-10,15-17H,5-8,11-14H2,1-4H3,(H,34,40)(H,41,42,43)(H,44,45,46)(H,47,48,49);;;/q;3*+1/p-3. The number of carbonyl (C=O) groups is 1. The van der Waals surface area contributed by atoms with E-state index in [4.69, 9.17) is 23.2 Å². The molecule has 284 valence electrons. The Hall–Kier alpha value is 1.23. The predicted molar refractivity (Wildman–Crippen MR) is 190 cm³/mol. The van der Waals surface area contributed by atoms with E-state index in [9.17, 15) is 49.0 Å². The first-order valence-electron chi connectivity index (χ1n) is 15.4. The number of nitrogens with zero attached hydrogens (tertiary/aromatic N) is 6. The molecule has 0 unspecified atom stereocenters. The zero-order valence-corrected chi connectivity index (χ0v) is 44.6. The molecule has 0 spiro atoms. The largest absolute Gasteiger partial charge is 1.00 e. The van der Waals surface area contributed by atoms with Gasteiger partial charge in [0, 0.05) is 42.6 Å². The average Bonchev–Trinajstić information content (AvgIpc) is 3.36. The second-order valence-electron chi connectivity index (χ2n) is 12.5. The van der Waals surface area contributed by atoms with E-state index in [-0.39, 0.29) is 237 Å². The van der Waals surface area contributed by atoms with Gasteiger partial charge in [0.05, 0.1) is 46.6 Å². The number of aromatic nitrogens is 2. The number of benzene rings is 2. The molecule has 0 fully saturated rings. The summed E-state index contributed by atoms with van der Waals surface area (Å²) in [6.07, 6.45) is 0.637. The van der Waals surface area contributed by atoms with Gasteiger partial charge in [-0.2, -0.15) is 10.4 Å². The van der Waals surface area contributed by atoms with E-state index in [2.05, 4.69) is 20.6 Å². The Bertz CT molecular complexity index is 2180. The molecule has 25 heteroatoms. The van der Waals surface area contributed by atoms with Crippen molar-refractivity contribution in [2.75, 3.05) is 34.8 Å². The third kappa shape index (κ3) is 18.0. The van der Waals surface area contributed by atoms with Crippen molar-refractivity contribution in [2.45, 2.75) is 63.7 Å². The third-order valence-corrected chi connectivity index (χ3v) is 10.2. The fourth-order valence-electron chi connectivity index (χ4n) is 4.91. The summed E-state index contributed by atoms with van der Waals surface area (Å²) in [6, 6.07) is 8.42. The van der Waals surface area contributed by atoms with Crippen molar-refractivity contribution >= 4 is 82.3 Å². The van der Waals surface area contributed by atoms with Crippen LogP contribution < -0.4 is 164 Å². The van der Waals surface area contributed by atoms with Crippen LogP contribution in [-0.4, -0.2) is 79.2 Å². The predicted octanol–water partition coefficient (Wildman–Crippen LogP) is -3.90. The van der Waals surface area contributed by atoms with Crippen LogP contribution in [0.5, 0.6) is 0 Å². The summed E-state index contributed by atoms with van der Waals surface area (Å²) < 4.78 is 103. The number of amides is 1. The van der Waals surface area contributed by atoms with Crippen LogP contribution >= 0.6 is 23.2 Å². The minimum Gasteiger partial charge on any atom is -0.748 e. The van der Waals surface area contributed by atoms with Crippen LogP contribution in [0.25, 0.3) is 5.69 Å². The summed E-state index contributed by atoms with van der Waals surface area (Å²) in [5.41, 5.74) is 0.103. The van der Waals surface area contributed by atoms with Gasteiger partial charge < -0.3 is 23.9 Å². The van der Waals surface area contributed by atoms with Crippen LogP contribution in [0.4, 0.5) is 22.9 Å². The van der Waals surface area contributed by atoms with Crippen molar-refractivity contribution in [1.29, 1.82) is 5.26 Å². The summed E-state index contributed by atoms with van der Waals surface area (Å²) in [7, 11) is -13.8. The number of hydrogen-bond donors (Lipinski definition) is 1. The monoisotopic (exact) mass is 935 g/mol. The van der Waals surface area contributed by atoms with E-state index in [1.807, 2.05) is 6.07 Å². The zero-order valence-electron chi connectivity index (χ0n) is 31.3. The number of unbranched alkanes of at least 4 members (excludes halogenated alkanes) is 2. The number of halogens is 2. The Morgan fingerprint density at radius 1 is 0.891 bits per heavy atom. The van der Waals surface area contributed by atoms with Gasteiger partial charge in [-0.15, -0.1) is 10.2 Å². The SMILES string of the molecule is CC(=O)Nc1cc(N(CCCCS(=O)(=O)[O-])CCCCS(=O)(=O)[O-])ccc1N=Nc1c(C#N)c(C(C)(C)C)nn1-c1c(Cl)cc(S(=O)(=O)[O-])cc1Cl.[K+].[K+].[K+]. The van der Waals surface area contributed by atoms with E-state index in [0.717, 1.165) is 16.8 Å². The molecule has 1 amide bonds. The summed E-state index contributed by atoms with van der Waals surface area (Å²) >= 11 is 12.8. The number of rotatable bonds is 16. The summed E-state index contributed by atoms with van der Waals surface area (Å²) in [6.45, 7) is 7.03. The van der Waals surface area contributed by atoms with Crippen molar-refractivity contribution in [3.8, 4) is 11.8 Å². The minimum atomic E-state index is -4.94. The summed E-state index contributed by atoms with van der Waals surface area (Å²) in [5.74, 6) is -1.83. The molecule has 3 aromatic rings. The molecular weight excluding hydrogens is 903 g/mol. The average molecular weight is 937 g/mol. The first-order valence-corrected chi connectivity index (χ1v) is 20.7. The Morgan fingerprint density at radius 3 is 1.82 bits per heavy atom. The topological polar surface area (TPSA) is 270 Å². The van der Waals surface area contributed by atoms with Crippen molar-refractivity contribution in [1.82, 2.24) is 9.78 Å². The molecule has 17 nitrogen and oxygen atoms in total. The van der Waals surface area contributed by atoms with Crippen molar-refractivity contribution in [3.63, 3.8) is 0 Å². The number of azo groups is 1. The van der Waals surface area contributed by atoms with Crippen LogP contribution in [0, 0.1) is 11.3 Å². The minimum absolute atomic E-state index is 0. The second kappa shape index (κ2) is 24.0. The van der Waals surface area contributed by atoms with E-state index < -0.39 is 58.1 Å². The van der Waals surface area contributed by atoms with Crippen molar-refractivity contribution in [3.05, 3.63) is 51.6 Å². The van der Waals surface area contributed by atoms with Crippen LogP contribution in [-0.2, 0) is 40.6 Å². The number of nitrogens with one attached hydrogen (secondary N) is 1. The first kappa shape index (κ1) is 56.2. The molecule has 0 radical (unpaired) electrons. The van der Waals surface area contributed by atoms with Crippen LogP contribution in [0.2, 0.25) is 10.0 Å². The van der Waals surface area contributed by atoms with Gasteiger partial charge in [-0.1, -0.05) is 44.0 Å². The van der Waals surface area contributed by atoms with Gasteiger partial charge >= 0.3 is 154 Å². The van der Waals surface area contributed by atoms with Crippen molar-refractivity contribution < 1.29 is 198 Å². The first-order chi connectivity index (χ1) is 23.9. The molecule has 1 N–H and O–H groups in total. The molecule has 55 heavy (non-hydrogen) atoms. The molecule has 0 aliphatic carbocycles.